The van der Waals surface area contributed by atoms with Crippen LogP contribution < -0.4 is 0 Å². The Bertz CT molecular complexity index is 1560. The number of aliphatic hydroxyl groups excluding tert-OH is 1. The van der Waals surface area contributed by atoms with Crippen molar-refractivity contribution >= 4 is 0 Å². The molecule has 0 aliphatic carbocycles. The molecule has 4 rings (SSSR count). The Labute approximate surface area is 225 Å². The fraction of sp³-hybridized carbons (Fsp3) is 0.259. The first-order valence-electron chi connectivity index (χ1n) is 11.7. The Morgan fingerprint density at radius 2 is 1.05 bits per heavy atom. The quantitative estimate of drug-likeness (QED) is 0.154. The van der Waals surface area contributed by atoms with Crippen molar-refractivity contribution in [2.45, 2.75) is 46.1 Å². The third kappa shape index (κ3) is 4.63. The van der Waals surface area contributed by atoms with Crippen LogP contribution in [0, 0.1) is 72.0 Å². The van der Waals surface area contributed by atoms with E-state index < -0.39 is 92.3 Å². The summed E-state index contributed by atoms with van der Waals surface area (Å²) in [5.74, 6) is -24.6. The van der Waals surface area contributed by atoms with Crippen LogP contribution in [0.5, 0.6) is 0 Å². The zero-order chi connectivity index (χ0) is 30.9. The Hall–Kier alpha value is -3.94. The van der Waals surface area contributed by atoms with Gasteiger partial charge in [-0.25, -0.2) is 48.6 Å². The summed E-state index contributed by atoms with van der Waals surface area (Å²) in [6.45, 7) is 8.54. The molecule has 0 saturated carbocycles. The summed E-state index contributed by atoms with van der Waals surface area (Å²) < 4.78 is 143. The number of aryl methyl sites for hydroxylation is 2. The fourth-order valence-electron chi connectivity index (χ4n) is 4.45. The highest BCUT2D eigenvalue weighted by atomic mass is 19.2. The molecule has 1 aromatic heterocycles. The second-order valence-electron chi connectivity index (χ2n) is 10.3. The molecule has 0 radical (unpaired) electrons. The molecule has 4 aromatic rings. The van der Waals surface area contributed by atoms with E-state index in [1.54, 1.807) is 12.1 Å². The van der Waals surface area contributed by atoms with E-state index in [1.807, 2.05) is 20.8 Å². The van der Waals surface area contributed by atoms with Crippen molar-refractivity contribution < 1.29 is 49.0 Å². The Balaban J connectivity index is 2.15. The molecule has 4 nitrogen and oxygen atoms in total. The molecule has 0 aliphatic heterocycles. The molecule has 41 heavy (non-hydrogen) atoms. The predicted molar refractivity (Wildman–Crippen MR) is 125 cm³/mol. The van der Waals surface area contributed by atoms with Crippen molar-refractivity contribution in [2.75, 3.05) is 0 Å². The molecule has 1 atom stereocenters. The summed E-state index contributed by atoms with van der Waals surface area (Å²) in [5.41, 5.74) is -5.22. The Kier molecular flexibility index (Phi) is 7.44. The summed E-state index contributed by atoms with van der Waals surface area (Å²) in [7, 11) is 0. The number of aromatic nitrogens is 3. The summed E-state index contributed by atoms with van der Waals surface area (Å²) in [4.78, 5) is 0. The van der Waals surface area contributed by atoms with Crippen LogP contribution in [0.25, 0.3) is 16.9 Å². The van der Waals surface area contributed by atoms with Crippen molar-refractivity contribution in [1.29, 1.82) is 0 Å². The van der Waals surface area contributed by atoms with Gasteiger partial charge in [-0.2, -0.15) is 0 Å². The van der Waals surface area contributed by atoms with Crippen LogP contribution in [0.3, 0.4) is 0 Å². The maximum atomic E-state index is 14.8. The first-order valence-corrected chi connectivity index (χ1v) is 11.7. The molecule has 0 amide bonds. The van der Waals surface area contributed by atoms with Crippen LogP contribution in [0.2, 0.25) is 0 Å². The van der Waals surface area contributed by atoms with Crippen molar-refractivity contribution in [1.82, 2.24) is 15.0 Å². The van der Waals surface area contributed by atoms with Gasteiger partial charge in [0.2, 0.25) is 11.6 Å². The van der Waals surface area contributed by atoms with E-state index in [9.17, 15) is 49.0 Å². The lowest BCUT2D eigenvalue weighted by Gasteiger charge is -2.25. The minimum atomic E-state index is -2.55. The van der Waals surface area contributed by atoms with E-state index in [0.717, 1.165) is 5.56 Å². The van der Waals surface area contributed by atoms with Crippen LogP contribution in [-0.4, -0.2) is 20.1 Å². The largest absolute Gasteiger partial charge is 0.382 e. The second kappa shape index (κ2) is 10.2. The van der Waals surface area contributed by atoms with Gasteiger partial charge < -0.3 is 5.11 Å². The minimum absolute atomic E-state index is 0.0875. The molecule has 1 N–H and O–H groups in total. The van der Waals surface area contributed by atoms with E-state index in [2.05, 4.69) is 10.3 Å². The Morgan fingerprint density at radius 1 is 0.659 bits per heavy atom. The number of aliphatic hydroxyl groups is 1. The monoisotopic (exact) mass is 591 g/mol. The molecule has 3 aromatic carbocycles. The first kappa shape index (κ1) is 30.0. The molecule has 0 spiro atoms. The smallest absolute Gasteiger partial charge is 0.200 e. The maximum absolute atomic E-state index is 14.8. The standard InChI is InChI=1S/C27H19F10N3O/c1-8-6-10(27(3,4)5)7-9(2)11(8)26(41)25-23(12-13(28)15(30)17(32)16(31)14(12)29)38-39-40(25)24-21(36)19(34)18(33)20(35)22(24)37/h6-7,26,41H,1-5H3. The van der Waals surface area contributed by atoms with Gasteiger partial charge in [-0.3, -0.25) is 0 Å². The SMILES string of the molecule is Cc1cc(C(C)(C)C)cc(C)c1C(O)c1c(-c2c(F)c(F)c(F)c(F)c2F)nnn1-c1c(F)c(F)c(F)c(F)c1F. The fourth-order valence-corrected chi connectivity index (χ4v) is 4.45. The summed E-state index contributed by atoms with van der Waals surface area (Å²) >= 11 is 0. The molecular weight excluding hydrogens is 572 g/mol. The number of nitrogens with zero attached hydrogens (tertiary/aromatic N) is 3. The van der Waals surface area contributed by atoms with Crippen molar-refractivity contribution in [3.63, 3.8) is 0 Å². The van der Waals surface area contributed by atoms with Crippen LogP contribution in [0.4, 0.5) is 43.9 Å². The normalized spacial score (nSPS) is 12.8. The lowest BCUT2D eigenvalue weighted by atomic mass is 9.82. The van der Waals surface area contributed by atoms with Gasteiger partial charge in [0.15, 0.2) is 46.5 Å². The number of halogens is 10. The van der Waals surface area contributed by atoms with E-state index >= 15 is 0 Å². The number of hydrogen-bond acceptors (Lipinski definition) is 3. The third-order valence-corrected chi connectivity index (χ3v) is 6.54. The molecule has 0 fully saturated rings. The van der Waals surface area contributed by atoms with Crippen molar-refractivity contribution in [3.05, 3.63) is 98.3 Å². The average Bonchev–Trinajstić information content (AvgIpc) is 3.31. The maximum Gasteiger partial charge on any atom is 0.200 e. The second-order valence-corrected chi connectivity index (χ2v) is 10.3. The third-order valence-electron chi connectivity index (χ3n) is 6.54. The van der Waals surface area contributed by atoms with Crippen LogP contribution in [0.1, 0.15) is 54.8 Å². The minimum Gasteiger partial charge on any atom is -0.382 e. The first-order chi connectivity index (χ1) is 18.9. The van der Waals surface area contributed by atoms with Gasteiger partial charge in [0.05, 0.1) is 5.56 Å². The van der Waals surface area contributed by atoms with E-state index in [-0.39, 0.29) is 21.4 Å². The van der Waals surface area contributed by atoms with Gasteiger partial charge in [-0.15, -0.1) is 5.10 Å². The number of benzene rings is 3. The predicted octanol–water partition coefficient (Wildman–Crippen LogP) is 7.32. The molecule has 1 unspecified atom stereocenters. The van der Waals surface area contributed by atoms with Gasteiger partial charge in [-0.05, 0) is 41.5 Å². The zero-order valence-corrected chi connectivity index (χ0v) is 21.8. The van der Waals surface area contributed by atoms with E-state index in [0.29, 0.717) is 0 Å². The summed E-state index contributed by atoms with van der Waals surface area (Å²) in [5, 5.41) is 17.9. The van der Waals surface area contributed by atoms with Crippen LogP contribution in [0.15, 0.2) is 12.1 Å². The van der Waals surface area contributed by atoms with Gasteiger partial charge in [0.25, 0.3) is 0 Å². The van der Waals surface area contributed by atoms with Gasteiger partial charge in [0, 0.05) is 0 Å². The van der Waals surface area contributed by atoms with Crippen molar-refractivity contribution in [2.24, 2.45) is 0 Å². The highest BCUT2D eigenvalue weighted by molar-refractivity contribution is 5.66. The average molecular weight is 591 g/mol. The van der Waals surface area contributed by atoms with E-state index in [4.69, 9.17) is 0 Å². The van der Waals surface area contributed by atoms with Gasteiger partial charge >= 0.3 is 0 Å². The molecule has 0 saturated heterocycles. The molecule has 1 heterocycles. The lowest BCUT2D eigenvalue weighted by Crippen LogP contribution is -2.18. The number of hydrogen-bond donors (Lipinski definition) is 1. The highest BCUT2D eigenvalue weighted by Crippen LogP contribution is 2.40. The zero-order valence-electron chi connectivity index (χ0n) is 21.8. The molecule has 218 valence electrons. The number of rotatable bonds is 4. The molecule has 0 bridgehead atoms. The molecule has 14 heteroatoms. The van der Waals surface area contributed by atoms with Crippen molar-refractivity contribution in [3.8, 4) is 16.9 Å². The van der Waals surface area contributed by atoms with Crippen LogP contribution >= 0.6 is 0 Å². The van der Waals surface area contributed by atoms with Gasteiger partial charge in [0.1, 0.15) is 23.2 Å². The topological polar surface area (TPSA) is 50.9 Å². The van der Waals surface area contributed by atoms with Crippen LogP contribution in [-0.2, 0) is 5.41 Å². The summed E-state index contributed by atoms with van der Waals surface area (Å²) in [6, 6.07) is 3.19. The molecular formula is C27H19F10N3O. The van der Waals surface area contributed by atoms with Gasteiger partial charge in [-0.1, -0.05) is 38.1 Å². The van der Waals surface area contributed by atoms with E-state index in [1.165, 1.54) is 13.8 Å². The highest BCUT2D eigenvalue weighted by Gasteiger charge is 2.37. The Morgan fingerprint density at radius 3 is 1.46 bits per heavy atom. The molecule has 0 aliphatic rings. The lowest BCUT2D eigenvalue weighted by molar-refractivity contribution is 0.210. The summed E-state index contributed by atoms with van der Waals surface area (Å²) in [6.07, 6.45) is -2.25.